The number of aromatic nitrogens is 2. The molecule has 0 fully saturated rings. The number of hydrogen-bond acceptors (Lipinski definition) is 2. The molecule has 106 valence electrons. The van der Waals surface area contributed by atoms with Crippen molar-refractivity contribution in [2.75, 3.05) is 0 Å². The summed E-state index contributed by atoms with van der Waals surface area (Å²) in [4.78, 5) is 4.92. The second-order valence-electron chi connectivity index (χ2n) is 5.38. The van der Waals surface area contributed by atoms with Crippen LogP contribution in [0.4, 0.5) is 0 Å². The third-order valence-electron chi connectivity index (χ3n) is 3.91. The van der Waals surface area contributed by atoms with Crippen LogP contribution in [0.3, 0.4) is 0 Å². The molecule has 4 heteroatoms. The zero-order valence-corrected chi connectivity index (χ0v) is 13.2. The first-order chi connectivity index (χ1) is 9.99. The maximum atomic E-state index is 5.89. The van der Waals surface area contributed by atoms with E-state index >= 15 is 0 Å². The minimum absolute atomic E-state index is 0.402. The van der Waals surface area contributed by atoms with Gasteiger partial charge in [0.25, 0.3) is 0 Å². The Kier molecular flexibility index (Phi) is 3.26. The van der Waals surface area contributed by atoms with E-state index in [1.54, 1.807) is 0 Å². The van der Waals surface area contributed by atoms with Gasteiger partial charge in [-0.1, -0.05) is 24.4 Å². The van der Waals surface area contributed by atoms with Crippen LogP contribution in [0.2, 0.25) is 0 Å². The number of nitrogens with two attached hydrogens (primary N) is 1. The van der Waals surface area contributed by atoms with E-state index in [9.17, 15) is 0 Å². The number of nitrogens with zero attached hydrogens (tertiary/aromatic N) is 2. The van der Waals surface area contributed by atoms with Crippen LogP contribution in [0.15, 0.2) is 36.7 Å². The summed E-state index contributed by atoms with van der Waals surface area (Å²) in [5.74, 6) is 0. The molecule has 3 rings (SSSR count). The number of thiocarbonyl (C=S) groups is 1. The minimum Gasteiger partial charge on any atom is -0.389 e. The van der Waals surface area contributed by atoms with Gasteiger partial charge in [0.2, 0.25) is 0 Å². The first-order valence-electron chi connectivity index (χ1n) is 6.83. The molecule has 0 atom stereocenters. The zero-order chi connectivity index (χ0) is 15.1. The normalized spacial score (nSPS) is 11.0. The fourth-order valence-corrected chi connectivity index (χ4v) is 2.78. The molecule has 0 spiro atoms. The molecule has 0 radical (unpaired) electrons. The summed E-state index contributed by atoms with van der Waals surface area (Å²) in [5.41, 5.74) is 13.4. The average Bonchev–Trinajstić information content (AvgIpc) is 2.81. The Labute approximate surface area is 129 Å². The largest absolute Gasteiger partial charge is 0.389 e. The van der Waals surface area contributed by atoms with Gasteiger partial charge in [0.15, 0.2) is 0 Å². The Morgan fingerprint density at radius 3 is 2.52 bits per heavy atom. The minimum atomic E-state index is 0.402. The molecule has 0 amide bonds. The van der Waals surface area contributed by atoms with Gasteiger partial charge in [-0.2, -0.15) is 0 Å². The Hall–Kier alpha value is -2.20. The molecule has 21 heavy (non-hydrogen) atoms. The second kappa shape index (κ2) is 4.97. The number of hydrogen-bond donors (Lipinski definition) is 1. The first-order valence-corrected chi connectivity index (χ1v) is 7.24. The lowest BCUT2D eigenvalue weighted by atomic mass is 10.1. The van der Waals surface area contributed by atoms with Gasteiger partial charge in [0, 0.05) is 5.56 Å². The number of benzene rings is 2. The lowest BCUT2D eigenvalue weighted by molar-refractivity contribution is 1.07. The molecule has 0 aliphatic carbocycles. The first kappa shape index (κ1) is 13.8. The number of rotatable bonds is 2. The Morgan fingerprint density at radius 2 is 1.81 bits per heavy atom. The van der Waals surface area contributed by atoms with Crippen molar-refractivity contribution in [3.05, 3.63) is 58.9 Å². The highest BCUT2D eigenvalue weighted by molar-refractivity contribution is 7.80. The van der Waals surface area contributed by atoms with Crippen LogP contribution in [0.5, 0.6) is 0 Å². The van der Waals surface area contributed by atoms with E-state index in [-0.39, 0.29) is 0 Å². The van der Waals surface area contributed by atoms with Crippen molar-refractivity contribution in [1.82, 2.24) is 9.55 Å². The number of imidazole rings is 1. The Bertz CT molecular complexity index is 862. The van der Waals surface area contributed by atoms with Crippen molar-refractivity contribution in [1.29, 1.82) is 0 Å². The summed E-state index contributed by atoms with van der Waals surface area (Å²) < 4.78 is 2.07. The van der Waals surface area contributed by atoms with Gasteiger partial charge < -0.3 is 5.73 Å². The Morgan fingerprint density at radius 1 is 1.10 bits per heavy atom. The van der Waals surface area contributed by atoms with E-state index in [1.807, 2.05) is 18.5 Å². The monoisotopic (exact) mass is 295 g/mol. The van der Waals surface area contributed by atoms with Crippen molar-refractivity contribution < 1.29 is 0 Å². The summed E-state index contributed by atoms with van der Waals surface area (Å²) in [6.07, 6.45) is 1.84. The van der Waals surface area contributed by atoms with E-state index in [2.05, 4.69) is 48.5 Å². The molecule has 3 aromatic rings. The number of aryl methyl sites for hydroxylation is 3. The van der Waals surface area contributed by atoms with Crippen LogP contribution >= 0.6 is 12.2 Å². The number of fused-ring (bicyclic) bond motifs is 1. The predicted octanol–water partition coefficient (Wildman–Crippen LogP) is 3.58. The van der Waals surface area contributed by atoms with Crippen molar-refractivity contribution in [3.8, 4) is 5.69 Å². The highest BCUT2D eigenvalue weighted by Gasteiger charge is 2.13. The smallest absolute Gasteiger partial charge is 0.106 e. The standard InChI is InChI=1S/C17H17N3S/c1-10-5-4-6-13(17(18)21)16(10)20-9-19-14-7-11(2)12(3)8-15(14)20/h4-9H,1-3H3,(H2,18,21). The van der Waals surface area contributed by atoms with Gasteiger partial charge >= 0.3 is 0 Å². The molecule has 1 heterocycles. The third kappa shape index (κ3) is 2.21. The van der Waals surface area contributed by atoms with Crippen LogP contribution in [0.25, 0.3) is 16.7 Å². The molecular formula is C17H17N3S. The second-order valence-corrected chi connectivity index (χ2v) is 5.81. The van der Waals surface area contributed by atoms with E-state index in [0.29, 0.717) is 4.99 Å². The molecule has 2 N–H and O–H groups in total. The highest BCUT2D eigenvalue weighted by atomic mass is 32.1. The van der Waals surface area contributed by atoms with Crippen molar-refractivity contribution in [2.24, 2.45) is 5.73 Å². The molecule has 0 aliphatic rings. The molecule has 0 aliphatic heterocycles. The lowest BCUT2D eigenvalue weighted by Crippen LogP contribution is -2.14. The van der Waals surface area contributed by atoms with Gasteiger partial charge in [0.1, 0.15) is 11.3 Å². The maximum absolute atomic E-state index is 5.89. The van der Waals surface area contributed by atoms with Gasteiger partial charge in [0.05, 0.1) is 16.7 Å². The molecule has 3 nitrogen and oxygen atoms in total. The van der Waals surface area contributed by atoms with E-state index in [0.717, 1.165) is 27.8 Å². The molecule has 2 aromatic carbocycles. The van der Waals surface area contributed by atoms with Crippen LogP contribution in [0, 0.1) is 20.8 Å². The fraction of sp³-hybridized carbons (Fsp3) is 0.176. The SMILES string of the molecule is Cc1cc2ncn(-c3c(C)cccc3C(N)=S)c2cc1C. The zero-order valence-electron chi connectivity index (χ0n) is 12.3. The summed E-state index contributed by atoms with van der Waals surface area (Å²) in [5, 5.41) is 0. The van der Waals surface area contributed by atoms with Crippen LogP contribution < -0.4 is 5.73 Å². The number of para-hydroxylation sites is 1. The van der Waals surface area contributed by atoms with Gasteiger partial charge in [-0.05, 0) is 55.7 Å². The highest BCUT2D eigenvalue weighted by Crippen LogP contribution is 2.26. The van der Waals surface area contributed by atoms with Crippen molar-refractivity contribution in [3.63, 3.8) is 0 Å². The van der Waals surface area contributed by atoms with Crippen LogP contribution in [-0.4, -0.2) is 14.5 Å². The van der Waals surface area contributed by atoms with Crippen molar-refractivity contribution >= 4 is 28.2 Å². The third-order valence-corrected chi connectivity index (χ3v) is 4.13. The average molecular weight is 295 g/mol. The quantitative estimate of drug-likeness (QED) is 0.735. The van der Waals surface area contributed by atoms with E-state index < -0.39 is 0 Å². The van der Waals surface area contributed by atoms with Gasteiger partial charge in [-0.15, -0.1) is 0 Å². The van der Waals surface area contributed by atoms with E-state index in [4.69, 9.17) is 18.0 Å². The van der Waals surface area contributed by atoms with Crippen LogP contribution in [0.1, 0.15) is 22.3 Å². The molecule has 1 aromatic heterocycles. The fourth-order valence-electron chi connectivity index (χ4n) is 2.62. The van der Waals surface area contributed by atoms with Gasteiger partial charge in [-0.3, -0.25) is 4.57 Å². The van der Waals surface area contributed by atoms with Gasteiger partial charge in [-0.25, -0.2) is 4.98 Å². The summed E-state index contributed by atoms with van der Waals surface area (Å²) in [6.45, 7) is 6.27. The predicted molar refractivity (Wildman–Crippen MR) is 91.2 cm³/mol. The summed E-state index contributed by atoms with van der Waals surface area (Å²) >= 11 is 5.20. The molecule has 0 saturated heterocycles. The maximum Gasteiger partial charge on any atom is 0.106 e. The lowest BCUT2D eigenvalue weighted by Gasteiger charge is -2.14. The molecule has 0 unspecified atom stereocenters. The summed E-state index contributed by atoms with van der Waals surface area (Å²) in [7, 11) is 0. The topological polar surface area (TPSA) is 43.8 Å². The van der Waals surface area contributed by atoms with Crippen molar-refractivity contribution in [2.45, 2.75) is 20.8 Å². The molecular weight excluding hydrogens is 278 g/mol. The Balaban J connectivity index is 2.36. The summed E-state index contributed by atoms with van der Waals surface area (Å²) in [6, 6.07) is 10.3. The van der Waals surface area contributed by atoms with Crippen LogP contribution in [-0.2, 0) is 0 Å². The van der Waals surface area contributed by atoms with E-state index in [1.165, 1.54) is 11.1 Å². The molecule has 0 bridgehead atoms. The molecule has 0 saturated carbocycles.